The van der Waals surface area contributed by atoms with Gasteiger partial charge in [-0.2, -0.15) is 0 Å². The fourth-order valence-corrected chi connectivity index (χ4v) is 4.39. The van der Waals surface area contributed by atoms with Crippen LogP contribution in [0.1, 0.15) is 19.4 Å². The maximum atomic E-state index is 12.9. The lowest BCUT2D eigenvalue weighted by molar-refractivity contribution is -0.114. The third-order valence-corrected chi connectivity index (χ3v) is 5.82. The molecule has 0 spiro atoms. The fourth-order valence-electron chi connectivity index (χ4n) is 3.10. The maximum Gasteiger partial charge on any atom is 0.244 e. The molecule has 8 heteroatoms. The summed E-state index contributed by atoms with van der Waals surface area (Å²) in [6, 6.07) is 12.3. The molecule has 1 atom stereocenters. The van der Waals surface area contributed by atoms with Crippen LogP contribution in [-0.4, -0.2) is 34.1 Å². The van der Waals surface area contributed by atoms with E-state index in [1.54, 1.807) is 19.1 Å². The Kier molecular flexibility index (Phi) is 6.21. The van der Waals surface area contributed by atoms with Crippen LogP contribution in [0.4, 0.5) is 5.69 Å². The molecule has 150 valence electrons. The number of rotatable bonds is 7. The van der Waals surface area contributed by atoms with Crippen molar-refractivity contribution in [2.75, 3.05) is 25.1 Å². The van der Waals surface area contributed by atoms with Crippen LogP contribution < -0.4 is 19.5 Å². The van der Waals surface area contributed by atoms with Crippen molar-refractivity contribution in [3.8, 4) is 11.5 Å². The Morgan fingerprint density at radius 1 is 1.25 bits per heavy atom. The monoisotopic (exact) mass is 404 g/mol. The van der Waals surface area contributed by atoms with Crippen LogP contribution in [-0.2, 0) is 21.2 Å². The second kappa shape index (κ2) is 8.62. The van der Waals surface area contributed by atoms with E-state index < -0.39 is 10.0 Å². The zero-order valence-corrected chi connectivity index (χ0v) is 16.7. The first-order chi connectivity index (χ1) is 13.4. The number of ether oxygens (including phenoxy) is 2. The largest absolute Gasteiger partial charge is 0.493 e. The third-order valence-electron chi connectivity index (χ3n) is 4.37. The molecule has 2 aromatic rings. The van der Waals surface area contributed by atoms with Gasteiger partial charge in [0.25, 0.3) is 0 Å². The first kappa shape index (κ1) is 20.2. The Hall–Kier alpha value is -2.58. The molecule has 0 saturated carbocycles. The number of fused-ring (bicyclic) bond motifs is 1. The Morgan fingerprint density at radius 2 is 2.04 bits per heavy atom. The van der Waals surface area contributed by atoms with E-state index in [9.17, 15) is 13.2 Å². The number of benzene rings is 2. The summed E-state index contributed by atoms with van der Waals surface area (Å²) in [5.41, 5.74) is 1.46. The van der Waals surface area contributed by atoms with Crippen molar-refractivity contribution >= 4 is 21.6 Å². The molecular weight excluding hydrogens is 380 g/mol. The number of nitrogens with one attached hydrogen (secondary N) is 2. The number of anilines is 1. The van der Waals surface area contributed by atoms with Gasteiger partial charge in [0, 0.05) is 25.1 Å². The second-order valence-electron chi connectivity index (χ2n) is 6.62. The van der Waals surface area contributed by atoms with Crippen LogP contribution in [0.5, 0.6) is 11.5 Å². The molecule has 0 fully saturated rings. The Bertz CT molecular complexity index is 959. The van der Waals surface area contributed by atoms with Crippen molar-refractivity contribution in [1.29, 1.82) is 0 Å². The molecule has 0 radical (unpaired) electrons. The van der Waals surface area contributed by atoms with Crippen molar-refractivity contribution in [2.45, 2.75) is 25.2 Å². The molecule has 1 aliphatic rings. The second-order valence-corrected chi connectivity index (χ2v) is 8.35. The molecule has 1 aliphatic heterocycles. The van der Waals surface area contributed by atoms with Gasteiger partial charge in [0.1, 0.15) is 16.4 Å². The van der Waals surface area contributed by atoms with E-state index in [0.717, 1.165) is 17.7 Å². The molecule has 7 nitrogen and oxygen atoms in total. The third kappa shape index (κ3) is 4.82. The molecule has 0 bridgehead atoms. The summed E-state index contributed by atoms with van der Waals surface area (Å²) in [5.74, 6) is 0.842. The van der Waals surface area contributed by atoms with E-state index in [1.807, 2.05) is 24.3 Å². The highest BCUT2D eigenvalue weighted by molar-refractivity contribution is 7.89. The Balaban J connectivity index is 1.75. The minimum Gasteiger partial charge on any atom is -0.493 e. The van der Waals surface area contributed by atoms with Crippen LogP contribution in [0.15, 0.2) is 47.4 Å². The number of carbonyl (C=O) groups is 1. The SMILES string of the molecule is CCOc1ccc(NC(C)=O)cc1S(=O)(=O)NC[C@H]1COc2ccccc2C1. The number of amides is 1. The van der Waals surface area contributed by atoms with E-state index in [4.69, 9.17) is 9.47 Å². The minimum absolute atomic E-state index is 0.00210. The Labute approximate surface area is 165 Å². The number of sulfonamides is 1. The summed E-state index contributed by atoms with van der Waals surface area (Å²) in [4.78, 5) is 11.3. The van der Waals surface area contributed by atoms with Crippen LogP contribution >= 0.6 is 0 Å². The van der Waals surface area contributed by atoms with Gasteiger partial charge >= 0.3 is 0 Å². The number of hydrogen-bond acceptors (Lipinski definition) is 5. The topological polar surface area (TPSA) is 93.7 Å². The highest BCUT2D eigenvalue weighted by Crippen LogP contribution is 2.29. The van der Waals surface area contributed by atoms with Gasteiger partial charge in [-0.25, -0.2) is 13.1 Å². The average molecular weight is 404 g/mol. The smallest absolute Gasteiger partial charge is 0.244 e. The zero-order chi connectivity index (χ0) is 20.1. The van der Waals surface area contributed by atoms with Gasteiger partial charge in [0.15, 0.2) is 0 Å². The highest BCUT2D eigenvalue weighted by Gasteiger charge is 2.25. The van der Waals surface area contributed by atoms with Crippen molar-refractivity contribution in [3.05, 3.63) is 48.0 Å². The van der Waals surface area contributed by atoms with Gasteiger partial charge in [-0.15, -0.1) is 0 Å². The van der Waals surface area contributed by atoms with Crippen molar-refractivity contribution in [2.24, 2.45) is 5.92 Å². The lowest BCUT2D eigenvalue weighted by Gasteiger charge is -2.25. The maximum absolute atomic E-state index is 12.9. The molecule has 0 aromatic heterocycles. The molecule has 2 aromatic carbocycles. The number of carbonyl (C=O) groups excluding carboxylic acids is 1. The summed E-state index contributed by atoms with van der Waals surface area (Å²) in [6.07, 6.45) is 0.739. The summed E-state index contributed by atoms with van der Waals surface area (Å²) < 4.78 is 39.7. The number of para-hydroxylation sites is 1. The standard InChI is InChI=1S/C20H24N2O5S/c1-3-26-19-9-8-17(22-14(2)23)11-20(19)28(24,25)21-12-15-10-16-6-4-5-7-18(16)27-13-15/h4-9,11,15,21H,3,10,12-13H2,1-2H3,(H,22,23)/t15-/m0/s1. The van der Waals surface area contributed by atoms with Gasteiger partial charge in [0.2, 0.25) is 15.9 Å². The lowest BCUT2D eigenvalue weighted by atomic mass is 9.97. The van der Waals surface area contributed by atoms with Crippen molar-refractivity contribution in [3.63, 3.8) is 0 Å². The van der Waals surface area contributed by atoms with Crippen LogP contribution in [0.25, 0.3) is 0 Å². The zero-order valence-electron chi connectivity index (χ0n) is 15.9. The van der Waals surface area contributed by atoms with Gasteiger partial charge in [0.05, 0.1) is 13.2 Å². The molecule has 0 saturated heterocycles. The fraction of sp³-hybridized carbons (Fsp3) is 0.350. The van der Waals surface area contributed by atoms with Gasteiger partial charge in [-0.3, -0.25) is 4.79 Å². The predicted octanol–water partition coefficient (Wildman–Crippen LogP) is 2.57. The van der Waals surface area contributed by atoms with Gasteiger partial charge in [-0.1, -0.05) is 18.2 Å². The quantitative estimate of drug-likeness (QED) is 0.740. The van der Waals surface area contributed by atoms with E-state index in [2.05, 4.69) is 10.0 Å². The summed E-state index contributed by atoms with van der Waals surface area (Å²) in [6.45, 7) is 4.16. The molecule has 3 rings (SSSR count). The lowest BCUT2D eigenvalue weighted by Crippen LogP contribution is -2.35. The molecule has 2 N–H and O–H groups in total. The van der Waals surface area contributed by atoms with Crippen molar-refractivity contribution < 1.29 is 22.7 Å². The summed E-state index contributed by atoms with van der Waals surface area (Å²) >= 11 is 0. The van der Waals surface area contributed by atoms with E-state index in [1.165, 1.54) is 13.0 Å². The highest BCUT2D eigenvalue weighted by atomic mass is 32.2. The molecular formula is C20H24N2O5S. The summed E-state index contributed by atoms with van der Waals surface area (Å²) in [5, 5.41) is 2.60. The molecule has 0 aliphatic carbocycles. The van der Waals surface area contributed by atoms with E-state index in [0.29, 0.717) is 18.9 Å². The van der Waals surface area contributed by atoms with Crippen LogP contribution in [0, 0.1) is 5.92 Å². The molecule has 1 amide bonds. The molecule has 0 unspecified atom stereocenters. The molecule has 28 heavy (non-hydrogen) atoms. The predicted molar refractivity (Wildman–Crippen MR) is 106 cm³/mol. The van der Waals surface area contributed by atoms with Gasteiger partial charge < -0.3 is 14.8 Å². The first-order valence-corrected chi connectivity index (χ1v) is 10.6. The first-order valence-electron chi connectivity index (χ1n) is 9.14. The summed E-state index contributed by atoms with van der Waals surface area (Å²) in [7, 11) is -3.83. The number of hydrogen-bond donors (Lipinski definition) is 2. The Morgan fingerprint density at radius 3 is 2.79 bits per heavy atom. The van der Waals surface area contributed by atoms with Crippen LogP contribution in [0.2, 0.25) is 0 Å². The van der Waals surface area contributed by atoms with Gasteiger partial charge in [-0.05, 0) is 43.2 Å². The molecule has 1 heterocycles. The normalized spacial score (nSPS) is 16.0. The van der Waals surface area contributed by atoms with Crippen LogP contribution in [0.3, 0.4) is 0 Å². The average Bonchev–Trinajstić information content (AvgIpc) is 2.67. The minimum atomic E-state index is -3.83. The van der Waals surface area contributed by atoms with E-state index in [-0.39, 0.29) is 29.0 Å². The van der Waals surface area contributed by atoms with Crippen molar-refractivity contribution in [1.82, 2.24) is 4.72 Å². The van der Waals surface area contributed by atoms with E-state index >= 15 is 0 Å².